The molecule has 1 N–H and O–H groups in total. The molecule has 0 aromatic heterocycles. The van der Waals surface area contributed by atoms with Crippen LogP contribution in [0.2, 0.25) is 0 Å². The monoisotopic (exact) mass is 379 g/mol. The lowest BCUT2D eigenvalue weighted by atomic mass is 9.76. The number of thioether (sulfide) groups is 2. The van der Waals surface area contributed by atoms with Gasteiger partial charge < -0.3 is 10.0 Å². The minimum atomic E-state index is -0.815. The molecule has 1 amide bonds. The van der Waals surface area contributed by atoms with Gasteiger partial charge in [-0.2, -0.15) is 0 Å². The number of amides is 1. The number of benzene rings is 1. The van der Waals surface area contributed by atoms with Gasteiger partial charge in [-0.3, -0.25) is 9.59 Å². The number of aliphatic carboxylic acids is 1. The van der Waals surface area contributed by atoms with Crippen molar-refractivity contribution in [2.24, 2.45) is 11.3 Å². The third-order valence-corrected chi connectivity index (χ3v) is 8.39. The molecular weight excluding hydrogens is 354 g/mol. The third-order valence-electron chi connectivity index (χ3n) is 5.38. The summed E-state index contributed by atoms with van der Waals surface area (Å²) < 4.78 is 0.463. The summed E-state index contributed by atoms with van der Waals surface area (Å²) in [6.45, 7) is 4.67. The van der Waals surface area contributed by atoms with E-state index in [4.69, 9.17) is 0 Å². The Balaban J connectivity index is 1.70. The van der Waals surface area contributed by atoms with Gasteiger partial charge in [-0.1, -0.05) is 26.0 Å². The Hall–Kier alpha value is -1.14. The quantitative estimate of drug-likeness (QED) is 0.852. The molecule has 2 fully saturated rings. The van der Waals surface area contributed by atoms with Crippen molar-refractivity contribution in [3.8, 4) is 0 Å². The number of nitrogens with zero attached hydrogens (tertiary/aromatic N) is 1. The fraction of sp³-hybridized carbons (Fsp3) is 0.579. The molecular formula is C19H25NO3S2. The van der Waals surface area contributed by atoms with Crippen LogP contribution in [0.15, 0.2) is 24.3 Å². The first-order valence-corrected chi connectivity index (χ1v) is 10.9. The van der Waals surface area contributed by atoms with Gasteiger partial charge in [0.1, 0.15) is 0 Å². The van der Waals surface area contributed by atoms with Crippen molar-refractivity contribution >= 4 is 35.4 Å². The maximum Gasteiger partial charge on any atom is 0.311 e. The van der Waals surface area contributed by atoms with E-state index in [-0.39, 0.29) is 11.8 Å². The Morgan fingerprint density at radius 1 is 1.20 bits per heavy atom. The van der Waals surface area contributed by atoms with E-state index < -0.39 is 11.4 Å². The zero-order valence-electron chi connectivity index (χ0n) is 14.7. The van der Waals surface area contributed by atoms with Crippen LogP contribution in [0.4, 0.5) is 0 Å². The molecule has 4 nitrogen and oxygen atoms in total. The van der Waals surface area contributed by atoms with E-state index in [1.165, 1.54) is 23.5 Å². The van der Waals surface area contributed by atoms with Gasteiger partial charge in [0.25, 0.3) is 5.91 Å². The van der Waals surface area contributed by atoms with Crippen molar-refractivity contribution in [2.45, 2.75) is 31.3 Å². The zero-order chi connectivity index (χ0) is 18.0. The molecule has 1 atom stereocenters. The Labute approximate surface area is 157 Å². The summed E-state index contributed by atoms with van der Waals surface area (Å²) in [5.74, 6) is 1.54. The van der Waals surface area contributed by atoms with Crippen LogP contribution in [-0.4, -0.2) is 46.5 Å². The first-order chi connectivity index (χ1) is 11.9. The van der Waals surface area contributed by atoms with E-state index in [9.17, 15) is 14.7 Å². The van der Waals surface area contributed by atoms with E-state index in [0.29, 0.717) is 29.7 Å². The fourth-order valence-electron chi connectivity index (χ4n) is 3.54. The van der Waals surface area contributed by atoms with Gasteiger partial charge >= 0.3 is 5.97 Å². The molecule has 1 aromatic carbocycles. The van der Waals surface area contributed by atoms with Crippen LogP contribution in [0.5, 0.6) is 0 Å². The molecule has 0 radical (unpaired) electrons. The number of carboxylic acid groups (broad SMARTS) is 1. The molecule has 0 spiro atoms. The summed E-state index contributed by atoms with van der Waals surface area (Å²) in [6, 6.07) is 7.88. The topological polar surface area (TPSA) is 57.6 Å². The molecule has 25 heavy (non-hydrogen) atoms. The second-order valence-electron chi connectivity index (χ2n) is 7.14. The summed E-state index contributed by atoms with van der Waals surface area (Å²) in [6.07, 6.45) is 1.79. The van der Waals surface area contributed by atoms with Crippen LogP contribution in [0.3, 0.4) is 0 Å². The average molecular weight is 380 g/mol. The normalized spacial score (nSPS) is 24.7. The van der Waals surface area contributed by atoms with Gasteiger partial charge in [-0.25, -0.2) is 0 Å². The number of rotatable bonds is 4. The predicted octanol–water partition coefficient (Wildman–Crippen LogP) is 4.13. The third kappa shape index (κ3) is 3.70. The lowest BCUT2D eigenvalue weighted by molar-refractivity contribution is -0.150. The molecule has 0 saturated carbocycles. The molecule has 2 saturated heterocycles. The smallest absolute Gasteiger partial charge is 0.311 e. The summed E-state index contributed by atoms with van der Waals surface area (Å²) in [5.41, 5.74) is 1.10. The number of hydrogen-bond donors (Lipinski definition) is 1. The summed E-state index contributed by atoms with van der Waals surface area (Å²) >= 11 is 3.93. The van der Waals surface area contributed by atoms with Crippen LogP contribution < -0.4 is 0 Å². The highest BCUT2D eigenvalue weighted by Gasteiger charge is 2.48. The molecule has 2 aliphatic rings. The van der Waals surface area contributed by atoms with Crippen LogP contribution in [0.25, 0.3) is 0 Å². The van der Waals surface area contributed by atoms with Gasteiger partial charge in [-0.05, 0) is 48.0 Å². The molecule has 1 unspecified atom stereocenters. The van der Waals surface area contributed by atoms with Crippen LogP contribution in [-0.2, 0) is 4.79 Å². The van der Waals surface area contributed by atoms with Crippen molar-refractivity contribution < 1.29 is 14.7 Å². The van der Waals surface area contributed by atoms with Crippen molar-refractivity contribution in [3.05, 3.63) is 35.4 Å². The van der Waals surface area contributed by atoms with E-state index in [1.54, 1.807) is 4.90 Å². The fourth-order valence-corrected chi connectivity index (χ4v) is 6.44. The number of carbonyl (C=O) groups excluding carboxylic acids is 1. The first kappa shape index (κ1) is 18.6. The second-order valence-corrected chi connectivity index (χ2v) is 9.87. The lowest BCUT2D eigenvalue weighted by Gasteiger charge is -2.28. The Kier molecular flexibility index (Phi) is 5.68. The highest BCUT2D eigenvalue weighted by molar-refractivity contribution is 8.16. The van der Waals surface area contributed by atoms with Crippen LogP contribution in [0.1, 0.15) is 47.2 Å². The highest BCUT2D eigenvalue weighted by atomic mass is 32.2. The van der Waals surface area contributed by atoms with Gasteiger partial charge in [0.15, 0.2) is 0 Å². The number of likely N-dealkylation sites (tertiary alicyclic amines) is 1. The Morgan fingerprint density at radius 2 is 1.84 bits per heavy atom. The first-order valence-electron chi connectivity index (χ1n) is 8.80. The van der Waals surface area contributed by atoms with Gasteiger partial charge in [0, 0.05) is 18.7 Å². The molecule has 0 bridgehead atoms. The van der Waals surface area contributed by atoms with Crippen molar-refractivity contribution in [1.82, 2.24) is 4.90 Å². The zero-order valence-corrected chi connectivity index (χ0v) is 16.4. The van der Waals surface area contributed by atoms with E-state index in [2.05, 4.69) is 0 Å². The molecule has 3 rings (SSSR count). The molecule has 2 heterocycles. The van der Waals surface area contributed by atoms with Gasteiger partial charge in [0.2, 0.25) is 0 Å². The Morgan fingerprint density at radius 3 is 2.36 bits per heavy atom. The molecule has 6 heteroatoms. The largest absolute Gasteiger partial charge is 0.481 e. The standard InChI is InChI=1S/C19H25NO3S2/c1-13(2)19(18(22)23)8-9-20(12-19)16(21)14-4-6-15(7-5-14)17-24-10-3-11-25-17/h4-7,13,17H,3,8-12H2,1-2H3,(H,22,23). The maximum atomic E-state index is 12.8. The lowest BCUT2D eigenvalue weighted by Crippen LogP contribution is -2.40. The van der Waals surface area contributed by atoms with E-state index in [0.717, 1.165) is 0 Å². The van der Waals surface area contributed by atoms with E-state index >= 15 is 0 Å². The van der Waals surface area contributed by atoms with Gasteiger partial charge in [0.05, 0.1) is 10.00 Å². The maximum absolute atomic E-state index is 12.8. The summed E-state index contributed by atoms with van der Waals surface area (Å²) in [4.78, 5) is 26.2. The summed E-state index contributed by atoms with van der Waals surface area (Å²) in [5, 5.41) is 9.64. The minimum absolute atomic E-state index is 0.00512. The van der Waals surface area contributed by atoms with E-state index in [1.807, 2.05) is 61.6 Å². The van der Waals surface area contributed by atoms with Crippen LogP contribution in [0, 0.1) is 11.3 Å². The second kappa shape index (κ2) is 7.62. The molecule has 2 aliphatic heterocycles. The predicted molar refractivity (Wildman–Crippen MR) is 104 cm³/mol. The van der Waals surface area contributed by atoms with Crippen molar-refractivity contribution in [2.75, 3.05) is 24.6 Å². The van der Waals surface area contributed by atoms with Crippen LogP contribution >= 0.6 is 23.5 Å². The SMILES string of the molecule is CC(C)C1(C(=O)O)CCN(C(=O)c2ccc(C3SCCCS3)cc2)C1. The average Bonchev–Trinajstić information content (AvgIpc) is 3.09. The summed E-state index contributed by atoms with van der Waals surface area (Å²) in [7, 11) is 0. The Bertz CT molecular complexity index is 641. The van der Waals surface area contributed by atoms with Crippen molar-refractivity contribution in [1.29, 1.82) is 0 Å². The molecule has 0 aliphatic carbocycles. The number of carboxylic acids is 1. The number of carbonyl (C=O) groups is 2. The van der Waals surface area contributed by atoms with Gasteiger partial charge in [-0.15, -0.1) is 23.5 Å². The molecule has 1 aromatic rings. The van der Waals surface area contributed by atoms with Crippen molar-refractivity contribution in [3.63, 3.8) is 0 Å². The molecule has 136 valence electrons. The number of hydrogen-bond acceptors (Lipinski definition) is 4. The highest BCUT2D eigenvalue weighted by Crippen LogP contribution is 2.43. The minimum Gasteiger partial charge on any atom is -0.481 e.